The third-order valence-corrected chi connectivity index (χ3v) is 6.69. The van der Waals surface area contributed by atoms with E-state index in [4.69, 9.17) is 9.47 Å². The molecule has 1 N–H and O–H groups in total. The van der Waals surface area contributed by atoms with E-state index >= 15 is 0 Å². The molecule has 4 rings (SSSR count). The summed E-state index contributed by atoms with van der Waals surface area (Å²) in [5.74, 6) is -0.867. The molecule has 202 valence electrons. The lowest BCUT2D eigenvalue weighted by Gasteiger charge is -2.26. The van der Waals surface area contributed by atoms with Crippen molar-refractivity contribution in [2.45, 2.75) is 47.6 Å². The van der Waals surface area contributed by atoms with Gasteiger partial charge in [0, 0.05) is 18.2 Å². The summed E-state index contributed by atoms with van der Waals surface area (Å²) in [4.78, 5) is 39.7. The van der Waals surface area contributed by atoms with Gasteiger partial charge in [-0.25, -0.2) is 0 Å². The number of nitrogens with zero attached hydrogens (tertiary/aromatic N) is 1. The quantitative estimate of drug-likeness (QED) is 0.129. The third kappa shape index (κ3) is 5.72. The lowest BCUT2D eigenvalue weighted by atomic mass is 9.94. The zero-order valence-electron chi connectivity index (χ0n) is 23.1. The molecule has 1 aliphatic rings. The van der Waals surface area contributed by atoms with Crippen LogP contribution >= 0.6 is 0 Å². The van der Waals surface area contributed by atoms with Gasteiger partial charge in [-0.15, -0.1) is 0 Å². The highest BCUT2D eigenvalue weighted by molar-refractivity contribution is 6.51. The van der Waals surface area contributed by atoms with Crippen molar-refractivity contribution in [3.8, 4) is 11.5 Å². The number of ether oxygens (including phenoxy) is 2. The summed E-state index contributed by atoms with van der Waals surface area (Å²) in [5, 5.41) is 11.5. The molecule has 0 aliphatic carbocycles. The van der Waals surface area contributed by atoms with Crippen LogP contribution < -0.4 is 14.4 Å². The molecule has 1 fully saturated rings. The molecule has 0 radical (unpaired) electrons. The van der Waals surface area contributed by atoms with Crippen molar-refractivity contribution in [3.63, 3.8) is 0 Å². The van der Waals surface area contributed by atoms with Crippen molar-refractivity contribution in [3.05, 3.63) is 94.1 Å². The Labute approximate surface area is 228 Å². The molecule has 7 heteroatoms. The van der Waals surface area contributed by atoms with Crippen LogP contribution in [0, 0.1) is 26.7 Å². The fraction of sp³-hybridized carbons (Fsp3) is 0.281. The number of aliphatic hydroxyl groups is 1. The number of aliphatic hydroxyl groups excluding tert-OH is 1. The number of benzene rings is 3. The van der Waals surface area contributed by atoms with Gasteiger partial charge in [0.2, 0.25) is 0 Å². The van der Waals surface area contributed by atoms with Gasteiger partial charge >= 0.3 is 5.97 Å². The van der Waals surface area contributed by atoms with E-state index in [2.05, 4.69) is 13.8 Å². The summed E-state index contributed by atoms with van der Waals surface area (Å²) in [7, 11) is 0. The van der Waals surface area contributed by atoms with E-state index in [9.17, 15) is 19.5 Å². The van der Waals surface area contributed by atoms with Gasteiger partial charge in [-0.3, -0.25) is 19.3 Å². The number of ketones is 1. The number of rotatable bonds is 7. The zero-order valence-corrected chi connectivity index (χ0v) is 23.1. The minimum Gasteiger partial charge on any atom is -0.507 e. The van der Waals surface area contributed by atoms with Gasteiger partial charge in [-0.2, -0.15) is 0 Å². The second kappa shape index (κ2) is 11.2. The number of carbonyl (C=O) groups is 3. The van der Waals surface area contributed by atoms with E-state index in [1.165, 1.54) is 11.8 Å². The van der Waals surface area contributed by atoms with E-state index < -0.39 is 23.7 Å². The number of esters is 1. The van der Waals surface area contributed by atoms with Gasteiger partial charge in [0.1, 0.15) is 17.3 Å². The molecule has 39 heavy (non-hydrogen) atoms. The highest BCUT2D eigenvalue weighted by Crippen LogP contribution is 2.43. The second-order valence-corrected chi connectivity index (χ2v) is 10.3. The molecule has 1 atom stereocenters. The van der Waals surface area contributed by atoms with Gasteiger partial charge < -0.3 is 14.6 Å². The average molecular weight is 528 g/mol. The molecule has 1 amide bonds. The zero-order chi connectivity index (χ0) is 28.4. The molecular weight excluding hydrogens is 494 g/mol. The highest BCUT2D eigenvalue weighted by Gasteiger charge is 2.47. The predicted octanol–water partition coefficient (Wildman–Crippen LogP) is 6.20. The van der Waals surface area contributed by atoms with Crippen molar-refractivity contribution >= 4 is 29.1 Å². The summed E-state index contributed by atoms with van der Waals surface area (Å²) < 4.78 is 11.0. The first-order valence-electron chi connectivity index (χ1n) is 12.9. The Balaban J connectivity index is 1.85. The summed E-state index contributed by atoms with van der Waals surface area (Å²) in [6, 6.07) is 16.4. The molecule has 3 aromatic carbocycles. The van der Waals surface area contributed by atoms with Gasteiger partial charge in [0.05, 0.1) is 18.2 Å². The van der Waals surface area contributed by atoms with E-state index in [1.807, 2.05) is 32.9 Å². The number of carbonyl (C=O) groups excluding carboxylic acids is 3. The Kier molecular flexibility index (Phi) is 7.90. The minimum absolute atomic E-state index is 0.0197. The molecular formula is C32H33NO6. The van der Waals surface area contributed by atoms with Crippen molar-refractivity contribution < 1.29 is 29.0 Å². The molecule has 7 nitrogen and oxygen atoms in total. The van der Waals surface area contributed by atoms with Crippen LogP contribution in [0.4, 0.5) is 5.69 Å². The Morgan fingerprint density at radius 2 is 1.62 bits per heavy atom. The van der Waals surface area contributed by atoms with E-state index in [0.29, 0.717) is 40.8 Å². The van der Waals surface area contributed by atoms with Crippen LogP contribution in [0.25, 0.3) is 5.76 Å². The van der Waals surface area contributed by atoms with Crippen molar-refractivity contribution in [1.29, 1.82) is 0 Å². The second-order valence-electron chi connectivity index (χ2n) is 10.3. The SMILES string of the molecule is CC(=O)Oc1ccc(C2/C(=C(\O)c3ccc(OCC(C)C)c(C)c3)C(=O)C(=O)N2c2ccc(C)c(C)c2)cc1. The summed E-state index contributed by atoms with van der Waals surface area (Å²) in [6.07, 6.45) is 0. The lowest BCUT2D eigenvalue weighted by molar-refractivity contribution is -0.132. The van der Waals surface area contributed by atoms with Crippen LogP contribution in [-0.4, -0.2) is 29.4 Å². The van der Waals surface area contributed by atoms with Gasteiger partial charge in [-0.1, -0.05) is 32.0 Å². The maximum absolute atomic E-state index is 13.5. The largest absolute Gasteiger partial charge is 0.507 e. The van der Waals surface area contributed by atoms with Crippen molar-refractivity contribution in [1.82, 2.24) is 0 Å². The van der Waals surface area contributed by atoms with Crippen LogP contribution in [0.15, 0.2) is 66.2 Å². The van der Waals surface area contributed by atoms with Gasteiger partial charge in [0.25, 0.3) is 11.7 Å². The Bertz CT molecular complexity index is 1470. The van der Waals surface area contributed by atoms with E-state index in [1.54, 1.807) is 48.5 Å². The number of hydrogen-bond acceptors (Lipinski definition) is 6. The number of hydrogen-bond donors (Lipinski definition) is 1. The summed E-state index contributed by atoms with van der Waals surface area (Å²) >= 11 is 0. The van der Waals surface area contributed by atoms with Crippen molar-refractivity contribution in [2.75, 3.05) is 11.5 Å². The minimum atomic E-state index is -0.893. The molecule has 1 aliphatic heterocycles. The normalized spacial score (nSPS) is 16.6. The van der Waals surface area contributed by atoms with Crippen LogP contribution in [0.5, 0.6) is 11.5 Å². The first kappa shape index (κ1) is 27.6. The smallest absolute Gasteiger partial charge is 0.308 e. The molecule has 0 spiro atoms. The summed E-state index contributed by atoms with van der Waals surface area (Å²) in [5.41, 5.74) is 4.32. The fourth-order valence-corrected chi connectivity index (χ4v) is 4.54. The maximum atomic E-state index is 13.5. The predicted molar refractivity (Wildman–Crippen MR) is 150 cm³/mol. The molecule has 1 heterocycles. The van der Waals surface area contributed by atoms with E-state index in [-0.39, 0.29) is 11.3 Å². The Morgan fingerprint density at radius 1 is 0.923 bits per heavy atom. The average Bonchev–Trinajstić information content (AvgIpc) is 3.14. The maximum Gasteiger partial charge on any atom is 0.308 e. The van der Waals surface area contributed by atoms with Gasteiger partial charge in [-0.05, 0) is 91.4 Å². The monoisotopic (exact) mass is 527 g/mol. The van der Waals surface area contributed by atoms with E-state index in [0.717, 1.165) is 16.7 Å². The first-order chi connectivity index (χ1) is 18.5. The highest BCUT2D eigenvalue weighted by atomic mass is 16.5. The molecule has 0 saturated carbocycles. The number of amides is 1. The molecule has 0 bridgehead atoms. The van der Waals surface area contributed by atoms with Crippen LogP contribution in [0.1, 0.15) is 54.6 Å². The number of Topliss-reactive ketones (excluding diaryl/α,β-unsaturated/α-hetero) is 1. The lowest BCUT2D eigenvalue weighted by Crippen LogP contribution is -2.29. The first-order valence-corrected chi connectivity index (χ1v) is 12.9. The molecule has 3 aromatic rings. The standard InChI is InChI=1S/C32H33NO6/c1-18(2)17-38-27-14-10-24(15-21(27)5)30(35)28-29(23-8-12-26(13-9-23)39-22(6)34)33(32(37)31(28)36)25-11-7-19(3)20(4)16-25/h7-16,18,29,35H,17H2,1-6H3/b30-28+. The molecule has 0 aromatic heterocycles. The number of anilines is 1. The molecule has 1 saturated heterocycles. The molecule has 1 unspecified atom stereocenters. The third-order valence-electron chi connectivity index (χ3n) is 6.69. The van der Waals surface area contributed by atoms with Crippen molar-refractivity contribution in [2.24, 2.45) is 5.92 Å². The Hall–Kier alpha value is -4.39. The van der Waals surface area contributed by atoms with Gasteiger partial charge in [0.15, 0.2) is 0 Å². The van der Waals surface area contributed by atoms with Crippen LogP contribution in [0.3, 0.4) is 0 Å². The topological polar surface area (TPSA) is 93.1 Å². The Morgan fingerprint density at radius 3 is 2.21 bits per heavy atom. The summed E-state index contributed by atoms with van der Waals surface area (Å²) in [6.45, 7) is 11.7. The van der Waals surface area contributed by atoms with Crippen LogP contribution in [0.2, 0.25) is 0 Å². The van der Waals surface area contributed by atoms with Crippen LogP contribution in [-0.2, 0) is 14.4 Å². The fourth-order valence-electron chi connectivity index (χ4n) is 4.54. The number of aryl methyl sites for hydroxylation is 3.